The van der Waals surface area contributed by atoms with Gasteiger partial charge < -0.3 is 44.3 Å². The molecule has 6 aromatic carbocycles. The van der Waals surface area contributed by atoms with Crippen LogP contribution in [0.4, 0.5) is 13.2 Å². The van der Waals surface area contributed by atoms with Gasteiger partial charge in [0.25, 0.3) is 17.1 Å². The minimum atomic E-state index is -3.14. The number of amides is 5. The van der Waals surface area contributed by atoms with E-state index in [2.05, 4.69) is 25.6 Å². The molecule has 0 radical (unpaired) electrons. The number of nitrogens with zero attached hydrogens (tertiary/aromatic N) is 6. The molecule has 3 saturated heterocycles. The highest BCUT2D eigenvalue weighted by molar-refractivity contribution is 7.92. The Morgan fingerprint density at radius 2 is 0.687 bits per heavy atom. The van der Waals surface area contributed by atoms with Crippen LogP contribution in [0.25, 0.3) is 34.4 Å². The predicted octanol–water partition coefficient (Wildman–Crippen LogP) is 12.0. The highest BCUT2D eigenvalue weighted by Gasteiger charge is 2.41. The third kappa shape index (κ3) is 24.2. The number of halogens is 4. The minimum Gasteiger partial charge on any atom is -0.445 e. The molecule has 3 saturated carbocycles. The molecule has 9 atom stereocenters. The molecule has 3 unspecified atom stereocenters. The zero-order valence-electron chi connectivity index (χ0n) is 63.1. The van der Waals surface area contributed by atoms with Crippen LogP contribution in [0.3, 0.4) is 0 Å². The van der Waals surface area contributed by atoms with E-state index in [1.54, 1.807) is 96.3 Å². The third-order valence-corrected chi connectivity index (χ3v) is 26.9. The summed E-state index contributed by atoms with van der Waals surface area (Å²) < 4.78 is 125. The van der Waals surface area contributed by atoms with E-state index in [1.165, 1.54) is 70.6 Å². The maximum Gasteiger partial charge on any atom is 0.252 e. The van der Waals surface area contributed by atoms with Crippen molar-refractivity contribution < 1.29 is 80.4 Å². The number of benzene rings is 6. The monoisotopic (exact) mass is 1650 g/mol. The minimum absolute atomic E-state index is 0.0346. The van der Waals surface area contributed by atoms with Crippen molar-refractivity contribution in [3.8, 4) is 34.4 Å². The fourth-order valence-electron chi connectivity index (χ4n) is 14.8. The van der Waals surface area contributed by atoms with Crippen LogP contribution in [0.2, 0.25) is 0 Å². The Kier molecular flexibility index (Phi) is 28.2. The zero-order chi connectivity index (χ0) is 81.4. The smallest absolute Gasteiger partial charge is 0.252 e. The number of aromatic nitrogens is 3. The number of sulfone groups is 3. The van der Waals surface area contributed by atoms with Crippen molar-refractivity contribution in [3.05, 3.63) is 234 Å². The summed E-state index contributed by atoms with van der Waals surface area (Å²) in [7, 11) is -9.26. The van der Waals surface area contributed by atoms with E-state index in [1.807, 2.05) is 36.4 Å². The summed E-state index contributed by atoms with van der Waals surface area (Å²) in [5, 5.41) is 5.31. The Balaban J connectivity index is 0.000000149. The van der Waals surface area contributed by atoms with Gasteiger partial charge in [-0.15, -0.1) is 0 Å². The number of carbonyl (C=O) groups is 6. The highest BCUT2D eigenvalue weighted by Crippen LogP contribution is 2.52. The summed E-state index contributed by atoms with van der Waals surface area (Å²) in [5.41, 5.74) is 13.0. The topological polar surface area (TPSA) is 343 Å². The first kappa shape index (κ1) is 84.3. The number of carbonyl (C=O) groups excluding carboxylic acids is 6. The Hall–Kier alpha value is -10.1. The van der Waals surface area contributed by atoms with Crippen LogP contribution in [0.15, 0.2) is 196 Å². The zero-order valence-corrected chi connectivity index (χ0v) is 66.3. The predicted molar refractivity (Wildman–Crippen MR) is 425 cm³/mol. The van der Waals surface area contributed by atoms with E-state index in [0.717, 1.165) is 85.6 Å². The van der Waals surface area contributed by atoms with Crippen LogP contribution in [0.5, 0.6) is 0 Å². The van der Waals surface area contributed by atoms with Crippen LogP contribution in [-0.4, -0.2) is 182 Å². The molecule has 3 aromatic heterocycles. The second-order valence-electron chi connectivity index (χ2n) is 29.9. The second-order valence-corrected chi connectivity index (χ2v) is 37.1. The molecule has 608 valence electrons. The van der Waals surface area contributed by atoms with Gasteiger partial charge in [-0.1, -0.05) is 55.7 Å². The number of oxazole rings is 3. The third-order valence-electron chi connectivity index (χ3n) is 21.8. The quantitative estimate of drug-likeness (QED) is 0.0424. The SMILES string of the molecule is N[C@@H](CCCC1C[C@H]1c1ccc(F)cc1)C(=O)N1CCS(=O)(=O)CC1.O=C(Cl)c1ccc(-c2ncco2)cc1.O=C(N[C@@H](CCCC1C[C@H]1c1ccc(F)cc1)C(=O)N1CCS(=O)(=O)CC1)c1ccc(-c2ncco2)cc1.O=C(N[C@@H](CCCC1C[C@H]1c1ccc(F)cc1)C(=O)N1CCS(=O)(=O)CC1)c1ccc(-c2ncco2)cc1. The summed E-state index contributed by atoms with van der Waals surface area (Å²) in [6.07, 6.45) is 18.9. The number of rotatable bonds is 26. The van der Waals surface area contributed by atoms with E-state index in [-0.39, 0.29) is 121 Å². The first-order valence-electron chi connectivity index (χ1n) is 38.5. The highest BCUT2D eigenvalue weighted by atomic mass is 35.5. The van der Waals surface area contributed by atoms with Gasteiger partial charge in [0.05, 0.1) is 59.1 Å². The summed E-state index contributed by atoms with van der Waals surface area (Å²) in [6, 6.07) is 38.1. The number of nitrogens with one attached hydrogen (secondary N) is 2. The molecule has 15 rings (SSSR count). The fourth-order valence-corrected chi connectivity index (χ4v) is 18.5. The number of hydrogen-bond donors (Lipinski definition) is 3. The van der Waals surface area contributed by atoms with Crippen molar-refractivity contribution in [2.75, 3.05) is 73.8 Å². The summed E-state index contributed by atoms with van der Waals surface area (Å²) in [5.74, 6) is 1.94. The molecule has 3 aliphatic carbocycles. The largest absolute Gasteiger partial charge is 0.445 e. The van der Waals surface area contributed by atoms with E-state index >= 15 is 0 Å². The lowest BCUT2D eigenvalue weighted by atomic mass is 10.0. The van der Waals surface area contributed by atoms with Crippen LogP contribution in [-0.2, 0) is 43.9 Å². The molecule has 5 amide bonds. The van der Waals surface area contributed by atoms with Crippen molar-refractivity contribution in [2.45, 2.75) is 113 Å². The number of nitrogens with two attached hydrogens (primary N) is 1. The molecule has 24 nitrogen and oxygen atoms in total. The molecule has 4 N–H and O–H groups in total. The van der Waals surface area contributed by atoms with Crippen LogP contribution in [0.1, 0.15) is 143 Å². The molecule has 6 aliphatic rings. The van der Waals surface area contributed by atoms with Crippen molar-refractivity contribution in [3.63, 3.8) is 0 Å². The normalized spacial score (nSPS) is 20.8. The van der Waals surface area contributed by atoms with E-state index < -0.39 is 52.9 Å². The molecular formula is C84H91ClF3N9O15S3. The molecule has 9 aromatic rings. The van der Waals surface area contributed by atoms with Gasteiger partial charge in [-0.3, -0.25) is 28.8 Å². The van der Waals surface area contributed by atoms with Gasteiger partial charge in [-0.05, 0) is 231 Å². The lowest BCUT2D eigenvalue weighted by Gasteiger charge is -2.30. The molecule has 31 heteroatoms. The lowest BCUT2D eigenvalue weighted by Crippen LogP contribution is -2.52. The van der Waals surface area contributed by atoms with E-state index in [9.17, 15) is 67.2 Å². The first-order chi connectivity index (χ1) is 55.2. The van der Waals surface area contributed by atoms with E-state index in [0.29, 0.717) is 89.1 Å². The average molecular weight is 1660 g/mol. The van der Waals surface area contributed by atoms with Gasteiger partial charge in [-0.2, -0.15) is 0 Å². The first-order valence-corrected chi connectivity index (χ1v) is 44.4. The second kappa shape index (κ2) is 38.5. The molecule has 115 heavy (non-hydrogen) atoms. The van der Waals surface area contributed by atoms with Crippen LogP contribution < -0.4 is 16.4 Å². The summed E-state index contributed by atoms with van der Waals surface area (Å²) in [6.45, 7) is 1.04. The summed E-state index contributed by atoms with van der Waals surface area (Å²) >= 11 is 5.30. The molecule has 0 spiro atoms. The Bertz CT molecular complexity index is 4880. The van der Waals surface area contributed by atoms with Crippen molar-refractivity contribution in [1.29, 1.82) is 0 Å². The maximum absolute atomic E-state index is 13.4. The van der Waals surface area contributed by atoms with Crippen molar-refractivity contribution >= 4 is 75.9 Å². The van der Waals surface area contributed by atoms with Crippen molar-refractivity contribution in [1.82, 2.24) is 40.3 Å². The Morgan fingerprint density at radius 1 is 0.409 bits per heavy atom. The van der Waals surface area contributed by atoms with Gasteiger partial charge in [-0.25, -0.2) is 53.4 Å². The van der Waals surface area contributed by atoms with E-state index in [4.69, 9.17) is 30.6 Å². The number of hydrogen-bond acceptors (Lipinski definition) is 19. The van der Waals surface area contributed by atoms with Crippen LogP contribution in [0, 0.1) is 35.2 Å². The fraction of sp³-hybridized carbons (Fsp3) is 0.393. The van der Waals surface area contributed by atoms with Gasteiger partial charge in [0.2, 0.25) is 35.4 Å². The molecule has 6 fully saturated rings. The average Bonchev–Trinajstić information content (AvgIpc) is 1.65. The van der Waals surface area contributed by atoms with Crippen LogP contribution >= 0.6 is 11.6 Å². The Labute approximate surface area is 671 Å². The summed E-state index contributed by atoms with van der Waals surface area (Å²) in [4.78, 5) is 92.7. The van der Waals surface area contributed by atoms with Gasteiger partial charge in [0, 0.05) is 72.6 Å². The van der Waals surface area contributed by atoms with Crippen molar-refractivity contribution in [2.24, 2.45) is 23.5 Å². The maximum atomic E-state index is 13.4. The van der Waals surface area contributed by atoms with Gasteiger partial charge in [0.15, 0.2) is 29.5 Å². The molecular weight excluding hydrogens is 1560 g/mol. The van der Waals surface area contributed by atoms with Gasteiger partial charge >= 0.3 is 0 Å². The molecule has 6 heterocycles. The van der Waals surface area contributed by atoms with Gasteiger partial charge in [0.1, 0.15) is 48.3 Å². The lowest BCUT2D eigenvalue weighted by molar-refractivity contribution is -0.133. The standard InChI is InChI=1S/2C28H30FN3O5S.C18H25FN2O3S.C10H6ClNO2/c2*29-23-10-8-19(9-11-23)24-18-22(24)2-1-3-25(28(34)32-13-16-38(35,36)17-14-32)31-26(33)20-4-6-21(7-5-20)27-30-12-15-37-27;19-15-6-4-13(5-7-15)16-12-14(16)2-1-3-17(20)18(22)21-8-10-25(23,24)11-9-21;11-9(13)7-1-3-8(4-2-7)10-12-5-6-14-10/h2*4-12,15,22,24-25H,1-3,13-14,16-18H2,(H,31,33);4-7,14,16-17H,1-3,8-12,20H2;1-6H/t2*22?,24-,25-;14?,16-,17-;/m000./s1. The Morgan fingerprint density at radius 3 is 0.965 bits per heavy atom. The molecule has 0 bridgehead atoms. The molecule has 3 aliphatic heterocycles.